The van der Waals surface area contributed by atoms with Gasteiger partial charge in [0, 0.05) is 10.6 Å². The van der Waals surface area contributed by atoms with Gasteiger partial charge in [0.2, 0.25) is 0 Å². The minimum atomic E-state index is -0.831. The fourth-order valence-electron chi connectivity index (χ4n) is 2.59. The van der Waals surface area contributed by atoms with E-state index in [4.69, 9.17) is 16.3 Å². The molecule has 0 unspecified atom stereocenters. The van der Waals surface area contributed by atoms with Crippen molar-refractivity contribution < 1.29 is 19.1 Å². The lowest BCUT2D eigenvalue weighted by Gasteiger charge is -2.15. The Kier molecular flexibility index (Phi) is 7.66. The van der Waals surface area contributed by atoms with Crippen LogP contribution in [0.3, 0.4) is 0 Å². The largest absolute Gasteiger partial charge is 0.493 e. The van der Waals surface area contributed by atoms with E-state index in [9.17, 15) is 14.4 Å². The molecular weight excluding hydrogens is 356 g/mol. The van der Waals surface area contributed by atoms with Crippen molar-refractivity contribution >= 4 is 35.5 Å². The zero-order chi connectivity index (χ0) is 18.9. The summed E-state index contributed by atoms with van der Waals surface area (Å²) in [5.74, 6) is -0.964. The predicted octanol–water partition coefficient (Wildman–Crippen LogP) is 3.83. The van der Waals surface area contributed by atoms with Crippen molar-refractivity contribution in [3.63, 3.8) is 0 Å². The molecule has 1 fully saturated rings. The quantitative estimate of drug-likeness (QED) is 0.388. The van der Waals surface area contributed by atoms with Crippen LogP contribution in [0.25, 0.3) is 6.08 Å². The molecular formula is C19H23ClN2O4. The molecule has 0 spiro atoms. The maximum Gasteiger partial charge on any atom is 0.328 e. The summed E-state index contributed by atoms with van der Waals surface area (Å²) in [5, 5.41) is 4.53. The van der Waals surface area contributed by atoms with Crippen LogP contribution in [0, 0.1) is 0 Å². The molecule has 0 saturated carbocycles. The van der Waals surface area contributed by atoms with Crippen LogP contribution in [0.15, 0.2) is 23.8 Å². The zero-order valence-corrected chi connectivity index (χ0v) is 15.5. The number of benzene rings is 1. The van der Waals surface area contributed by atoms with E-state index >= 15 is 0 Å². The van der Waals surface area contributed by atoms with E-state index in [0.29, 0.717) is 22.9 Å². The van der Waals surface area contributed by atoms with Crippen LogP contribution < -0.4 is 15.4 Å². The first kappa shape index (κ1) is 20.0. The van der Waals surface area contributed by atoms with Crippen molar-refractivity contribution in [2.24, 2.45) is 0 Å². The summed E-state index contributed by atoms with van der Waals surface area (Å²) in [6.07, 6.45) is 8.28. The molecule has 7 heteroatoms. The van der Waals surface area contributed by atoms with Crippen molar-refractivity contribution in [1.82, 2.24) is 10.6 Å². The molecule has 1 aliphatic rings. The second-order valence-corrected chi connectivity index (χ2v) is 6.53. The average molecular weight is 379 g/mol. The number of hydrogen-bond donors (Lipinski definition) is 2. The zero-order valence-electron chi connectivity index (χ0n) is 14.8. The normalized spacial score (nSPS) is 14.1. The first-order valence-corrected chi connectivity index (χ1v) is 9.19. The van der Waals surface area contributed by atoms with Crippen LogP contribution in [0.1, 0.15) is 51.0 Å². The SMILES string of the molecule is CCCCCCCCOc1ccc(Cl)cc1C=C1C(=O)NC(=O)NC1=O. The van der Waals surface area contributed by atoms with Crippen LogP contribution in [-0.4, -0.2) is 24.5 Å². The summed E-state index contributed by atoms with van der Waals surface area (Å²) in [6, 6.07) is 4.17. The highest BCUT2D eigenvalue weighted by molar-refractivity contribution is 6.32. The van der Waals surface area contributed by atoms with Gasteiger partial charge in [-0.3, -0.25) is 20.2 Å². The van der Waals surface area contributed by atoms with Crippen molar-refractivity contribution in [3.05, 3.63) is 34.4 Å². The molecule has 2 rings (SSSR count). The Hall–Kier alpha value is -2.34. The lowest BCUT2D eigenvalue weighted by molar-refractivity contribution is -0.123. The summed E-state index contributed by atoms with van der Waals surface area (Å²) in [5.41, 5.74) is 0.342. The maximum atomic E-state index is 11.9. The van der Waals surface area contributed by atoms with Gasteiger partial charge in [0.05, 0.1) is 6.61 Å². The van der Waals surface area contributed by atoms with E-state index in [1.165, 1.54) is 31.8 Å². The molecule has 2 N–H and O–H groups in total. The monoisotopic (exact) mass is 378 g/mol. The smallest absolute Gasteiger partial charge is 0.328 e. The molecule has 0 aromatic heterocycles. The lowest BCUT2D eigenvalue weighted by atomic mass is 10.1. The number of barbiturate groups is 1. The first-order chi connectivity index (χ1) is 12.5. The lowest BCUT2D eigenvalue weighted by Crippen LogP contribution is -2.51. The summed E-state index contributed by atoms with van der Waals surface area (Å²) in [4.78, 5) is 34.9. The van der Waals surface area contributed by atoms with Gasteiger partial charge in [-0.05, 0) is 30.7 Å². The molecule has 26 heavy (non-hydrogen) atoms. The molecule has 140 valence electrons. The maximum absolute atomic E-state index is 11.9. The summed E-state index contributed by atoms with van der Waals surface area (Å²) < 4.78 is 5.80. The van der Waals surface area contributed by atoms with Gasteiger partial charge in [0.25, 0.3) is 11.8 Å². The fourth-order valence-corrected chi connectivity index (χ4v) is 2.77. The van der Waals surface area contributed by atoms with Crippen LogP contribution >= 0.6 is 11.6 Å². The molecule has 0 radical (unpaired) electrons. The highest BCUT2D eigenvalue weighted by Gasteiger charge is 2.28. The number of ether oxygens (including phenoxy) is 1. The third-order valence-corrected chi connectivity index (χ3v) is 4.21. The van der Waals surface area contributed by atoms with Gasteiger partial charge in [-0.15, -0.1) is 0 Å². The summed E-state index contributed by atoms with van der Waals surface area (Å²) in [7, 11) is 0. The molecule has 0 bridgehead atoms. The second kappa shape index (κ2) is 9.97. The molecule has 1 saturated heterocycles. The Morgan fingerprint density at radius 3 is 2.35 bits per heavy atom. The number of halogens is 1. The number of hydrogen-bond acceptors (Lipinski definition) is 4. The molecule has 4 amide bonds. The van der Waals surface area contributed by atoms with Gasteiger partial charge >= 0.3 is 6.03 Å². The van der Waals surface area contributed by atoms with E-state index in [1.54, 1.807) is 18.2 Å². The van der Waals surface area contributed by atoms with Gasteiger partial charge in [0.1, 0.15) is 11.3 Å². The first-order valence-electron chi connectivity index (χ1n) is 8.82. The standard InChI is InChI=1S/C19H23ClN2O4/c1-2-3-4-5-6-7-10-26-16-9-8-14(20)11-13(16)12-15-17(23)21-19(25)22-18(15)24/h8-9,11-12H,2-7,10H2,1H3,(H2,21,22,23,24,25). The molecule has 6 nitrogen and oxygen atoms in total. The van der Waals surface area contributed by atoms with Crippen LogP contribution in [0.5, 0.6) is 5.75 Å². The van der Waals surface area contributed by atoms with E-state index in [1.807, 2.05) is 10.6 Å². The minimum Gasteiger partial charge on any atom is -0.493 e. The Bertz CT molecular complexity index is 693. The number of amides is 4. The second-order valence-electron chi connectivity index (χ2n) is 6.09. The molecule has 0 atom stereocenters. The Morgan fingerprint density at radius 2 is 1.65 bits per heavy atom. The number of imide groups is 2. The fraction of sp³-hybridized carbons (Fsp3) is 0.421. The number of carbonyl (C=O) groups is 3. The topological polar surface area (TPSA) is 84.5 Å². The van der Waals surface area contributed by atoms with E-state index in [2.05, 4.69) is 6.92 Å². The number of rotatable bonds is 9. The number of nitrogens with one attached hydrogen (secondary N) is 2. The van der Waals surface area contributed by atoms with E-state index in [-0.39, 0.29) is 5.57 Å². The van der Waals surface area contributed by atoms with Gasteiger partial charge in [-0.1, -0.05) is 50.6 Å². The van der Waals surface area contributed by atoms with Gasteiger partial charge in [-0.2, -0.15) is 0 Å². The number of urea groups is 1. The Morgan fingerprint density at radius 1 is 1.00 bits per heavy atom. The van der Waals surface area contributed by atoms with Crippen molar-refractivity contribution in [2.75, 3.05) is 6.61 Å². The summed E-state index contributed by atoms with van der Waals surface area (Å²) in [6.45, 7) is 2.73. The van der Waals surface area contributed by atoms with Crippen molar-refractivity contribution in [2.45, 2.75) is 45.4 Å². The minimum absolute atomic E-state index is 0.170. The molecule has 0 aliphatic carbocycles. The van der Waals surface area contributed by atoms with E-state index in [0.717, 1.165) is 12.8 Å². The Balaban J connectivity index is 2.03. The van der Waals surface area contributed by atoms with Gasteiger partial charge in [-0.25, -0.2) is 4.79 Å². The molecule has 1 aromatic carbocycles. The molecule has 1 heterocycles. The van der Waals surface area contributed by atoms with Crippen molar-refractivity contribution in [3.8, 4) is 5.75 Å². The number of carbonyl (C=O) groups excluding carboxylic acids is 3. The Labute approximate surface area is 157 Å². The average Bonchev–Trinajstić information content (AvgIpc) is 2.58. The van der Waals surface area contributed by atoms with Crippen LogP contribution in [0.4, 0.5) is 4.79 Å². The summed E-state index contributed by atoms with van der Waals surface area (Å²) >= 11 is 6.02. The molecule has 1 aliphatic heterocycles. The predicted molar refractivity (Wildman–Crippen MR) is 100.0 cm³/mol. The number of unbranched alkanes of at least 4 members (excludes halogenated alkanes) is 5. The third-order valence-electron chi connectivity index (χ3n) is 3.97. The van der Waals surface area contributed by atoms with Crippen LogP contribution in [-0.2, 0) is 9.59 Å². The van der Waals surface area contributed by atoms with Crippen LogP contribution in [0.2, 0.25) is 5.02 Å². The highest BCUT2D eigenvalue weighted by atomic mass is 35.5. The molecule has 1 aromatic rings. The highest BCUT2D eigenvalue weighted by Crippen LogP contribution is 2.26. The van der Waals surface area contributed by atoms with Gasteiger partial charge < -0.3 is 4.74 Å². The third kappa shape index (κ3) is 5.88. The van der Waals surface area contributed by atoms with Gasteiger partial charge in [0.15, 0.2) is 0 Å². The van der Waals surface area contributed by atoms with E-state index < -0.39 is 17.8 Å². The van der Waals surface area contributed by atoms with Crippen molar-refractivity contribution in [1.29, 1.82) is 0 Å².